The number of furan rings is 1. The summed E-state index contributed by atoms with van der Waals surface area (Å²) in [5.41, 5.74) is 0.829. The van der Waals surface area contributed by atoms with Gasteiger partial charge in [0.25, 0.3) is 0 Å². The van der Waals surface area contributed by atoms with Crippen LogP contribution in [0.25, 0.3) is 10.8 Å². The quantitative estimate of drug-likeness (QED) is 0.754. The van der Waals surface area contributed by atoms with E-state index < -0.39 is 0 Å². The van der Waals surface area contributed by atoms with E-state index in [-0.39, 0.29) is 18.5 Å². The van der Waals surface area contributed by atoms with Crippen molar-refractivity contribution in [1.82, 2.24) is 5.32 Å². The van der Waals surface area contributed by atoms with E-state index in [0.29, 0.717) is 0 Å². The molecule has 1 atom stereocenters. The van der Waals surface area contributed by atoms with Gasteiger partial charge in [-0.2, -0.15) is 0 Å². The molecule has 2 aromatic carbocycles. The van der Waals surface area contributed by atoms with Crippen molar-refractivity contribution in [2.75, 3.05) is 11.9 Å². The molecule has 3 aromatic rings. The molecular weight excluding hydrogens is 276 g/mol. The van der Waals surface area contributed by atoms with Gasteiger partial charge in [-0.25, -0.2) is 0 Å². The number of nitrogens with one attached hydrogen (secondary N) is 2. The molecule has 0 unspecified atom stereocenters. The molecule has 22 heavy (non-hydrogen) atoms. The maximum Gasteiger partial charge on any atom is 0.238 e. The summed E-state index contributed by atoms with van der Waals surface area (Å²) >= 11 is 0. The Morgan fingerprint density at radius 1 is 1.09 bits per heavy atom. The van der Waals surface area contributed by atoms with Gasteiger partial charge in [-0.15, -0.1) is 0 Å². The predicted octanol–water partition coefficient (Wildman–Crippen LogP) is 3.72. The molecule has 1 amide bonds. The highest BCUT2D eigenvalue weighted by Crippen LogP contribution is 2.22. The Hall–Kier alpha value is -2.59. The summed E-state index contributed by atoms with van der Waals surface area (Å²) in [7, 11) is 0. The van der Waals surface area contributed by atoms with Crippen molar-refractivity contribution < 1.29 is 9.21 Å². The third kappa shape index (κ3) is 3.18. The molecule has 1 aromatic heterocycles. The Labute approximate surface area is 129 Å². The van der Waals surface area contributed by atoms with Crippen LogP contribution in [-0.4, -0.2) is 12.5 Å². The minimum atomic E-state index is -0.0743. The highest BCUT2D eigenvalue weighted by Gasteiger charge is 2.10. The maximum absolute atomic E-state index is 12.1. The molecule has 0 spiro atoms. The van der Waals surface area contributed by atoms with E-state index >= 15 is 0 Å². The Morgan fingerprint density at radius 3 is 2.73 bits per heavy atom. The second-order valence-corrected chi connectivity index (χ2v) is 5.19. The van der Waals surface area contributed by atoms with Gasteiger partial charge in [-0.05, 0) is 30.5 Å². The van der Waals surface area contributed by atoms with Gasteiger partial charge < -0.3 is 9.73 Å². The number of benzene rings is 2. The van der Waals surface area contributed by atoms with Crippen molar-refractivity contribution >= 4 is 22.4 Å². The fourth-order valence-corrected chi connectivity index (χ4v) is 2.41. The van der Waals surface area contributed by atoms with Crippen molar-refractivity contribution in [1.29, 1.82) is 0 Å². The number of anilines is 1. The first-order valence-electron chi connectivity index (χ1n) is 7.28. The molecule has 0 aliphatic heterocycles. The highest BCUT2D eigenvalue weighted by molar-refractivity contribution is 6.02. The van der Waals surface area contributed by atoms with Crippen LogP contribution in [0.3, 0.4) is 0 Å². The zero-order chi connectivity index (χ0) is 15.4. The lowest BCUT2D eigenvalue weighted by Gasteiger charge is -2.12. The third-order valence-electron chi connectivity index (χ3n) is 3.60. The second-order valence-electron chi connectivity index (χ2n) is 5.19. The molecule has 0 aliphatic rings. The molecule has 0 bridgehead atoms. The van der Waals surface area contributed by atoms with Gasteiger partial charge in [0.15, 0.2) is 0 Å². The minimum absolute atomic E-state index is 0.00623. The van der Waals surface area contributed by atoms with Crippen LogP contribution in [0.1, 0.15) is 18.7 Å². The molecule has 0 aliphatic carbocycles. The van der Waals surface area contributed by atoms with Crippen LogP contribution in [0.4, 0.5) is 5.69 Å². The third-order valence-corrected chi connectivity index (χ3v) is 3.60. The Balaban J connectivity index is 1.64. The van der Waals surface area contributed by atoms with E-state index in [1.165, 1.54) is 0 Å². The van der Waals surface area contributed by atoms with Crippen molar-refractivity contribution in [2.45, 2.75) is 13.0 Å². The molecule has 4 heteroatoms. The van der Waals surface area contributed by atoms with Crippen LogP contribution in [0.2, 0.25) is 0 Å². The largest absolute Gasteiger partial charge is 0.468 e. The summed E-state index contributed by atoms with van der Waals surface area (Å²) in [6.07, 6.45) is 1.63. The van der Waals surface area contributed by atoms with Gasteiger partial charge >= 0.3 is 0 Å². The highest BCUT2D eigenvalue weighted by atomic mass is 16.3. The fourth-order valence-electron chi connectivity index (χ4n) is 2.41. The molecule has 2 N–H and O–H groups in total. The Morgan fingerprint density at radius 2 is 1.91 bits per heavy atom. The summed E-state index contributed by atoms with van der Waals surface area (Å²) in [5, 5.41) is 8.25. The molecule has 0 saturated heterocycles. The lowest BCUT2D eigenvalue weighted by Crippen LogP contribution is -2.30. The number of carbonyl (C=O) groups is 1. The average Bonchev–Trinajstić information content (AvgIpc) is 3.07. The predicted molar refractivity (Wildman–Crippen MR) is 87.7 cm³/mol. The number of amides is 1. The van der Waals surface area contributed by atoms with E-state index in [0.717, 1.165) is 22.2 Å². The van der Waals surface area contributed by atoms with Crippen LogP contribution in [0, 0.1) is 0 Å². The molecule has 0 radical (unpaired) electrons. The normalized spacial score (nSPS) is 12.2. The molecule has 0 saturated carbocycles. The smallest absolute Gasteiger partial charge is 0.238 e. The van der Waals surface area contributed by atoms with Gasteiger partial charge in [0.1, 0.15) is 5.76 Å². The van der Waals surface area contributed by atoms with E-state index in [1.807, 2.05) is 61.5 Å². The molecule has 1 heterocycles. The SMILES string of the molecule is C[C@@H](NCC(=O)Nc1cccc2ccccc12)c1ccco1. The lowest BCUT2D eigenvalue weighted by atomic mass is 10.1. The second kappa shape index (κ2) is 6.45. The van der Waals surface area contributed by atoms with Gasteiger partial charge in [-0.3, -0.25) is 10.1 Å². The first-order chi connectivity index (χ1) is 10.7. The van der Waals surface area contributed by atoms with Crippen molar-refractivity contribution in [3.8, 4) is 0 Å². The van der Waals surface area contributed by atoms with Crippen LogP contribution < -0.4 is 10.6 Å². The maximum atomic E-state index is 12.1. The molecule has 4 nitrogen and oxygen atoms in total. The number of fused-ring (bicyclic) bond motifs is 1. The first-order valence-corrected chi connectivity index (χ1v) is 7.28. The molecular formula is C18H18N2O2. The van der Waals surface area contributed by atoms with Crippen LogP contribution in [0.5, 0.6) is 0 Å². The summed E-state index contributed by atoms with van der Waals surface area (Å²) < 4.78 is 5.31. The van der Waals surface area contributed by atoms with E-state index in [1.54, 1.807) is 6.26 Å². The number of carbonyl (C=O) groups excluding carboxylic acids is 1. The first kappa shape index (κ1) is 14.4. The molecule has 0 fully saturated rings. The van der Waals surface area contributed by atoms with Crippen LogP contribution in [0.15, 0.2) is 65.3 Å². The van der Waals surface area contributed by atoms with Gasteiger partial charge in [0.2, 0.25) is 5.91 Å². The number of hydrogen-bond acceptors (Lipinski definition) is 3. The zero-order valence-electron chi connectivity index (χ0n) is 12.4. The van der Waals surface area contributed by atoms with Crippen LogP contribution >= 0.6 is 0 Å². The molecule has 3 rings (SSSR count). The lowest BCUT2D eigenvalue weighted by molar-refractivity contribution is -0.115. The van der Waals surface area contributed by atoms with Crippen molar-refractivity contribution in [2.24, 2.45) is 0 Å². The minimum Gasteiger partial charge on any atom is -0.468 e. The van der Waals surface area contributed by atoms with E-state index in [9.17, 15) is 4.79 Å². The Kier molecular flexibility index (Phi) is 4.21. The zero-order valence-corrected chi connectivity index (χ0v) is 12.4. The fraction of sp³-hybridized carbons (Fsp3) is 0.167. The van der Waals surface area contributed by atoms with E-state index in [2.05, 4.69) is 10.6 Å². The Bertz CT molecular complexity index is 760. The number of rotatable bonds is 5. The van der Waals surface area contributed by atoms with Gasteiger partial charge in [0, 0.05) is 11.1 Å². The van der Waals surface area contributed by atoms with E-state index in [4.69, 9.17) is 4.42 Å². The number of hydrogen-bond donors (Lipinski definition) is 2. The topological polar surface area (TPSA) is 54.3 Å². The van der Waals surface area contributed by atoms with Gasteiger partial charge in [-0.1, -0.05) is 36.4 Å². The molecule has 112 valence electrons. The monoisotopic (exact) mass is 294 g/mol. The summed E-state index contributed by atoms with van der Waals surface area (Å²) in [5.74, 6) is 0.743. The summed E-state index contributed by atoms with van der Waals surface area (Å²) in [6, 6.07) is 17.6. The average molecular weight is 294 g/mol. The van der Waals surface area contributed by atoms with Crippen molar-refractivity contribution in [3.63, 3.8) is 0 Å². The summed E-state index contributed by atoms with van der Waals surface area (Å²) in [6.45, 7) is 2.19. The summed E-state index contributed by atoms with van der Waals surface area (Å²) in [4.78, 5) is 12.1. The van der Waals surface area contributed by atoms with Crippen LogP contribution in [-0.2, 0) is 4.79 Å². The van der Waals surface area contributed by atoms with Gasteiger partial charge in [0.05, 0.1) is 18.8 Å². The van der Waals surface area contributed by atoms with Crippen molar-refractivity contribution in [3.05, 3.63) is 66.6 Å². The standard InChI is InChI=1S/C18H18N2O2/c1-13(17-10-5-11-22-17)19-12-18(21)20-16-9-4-7-14-6-2-3-8-15(14)16/h2-11,13,19H,12H2,1H3,(H,20,21)/t13-/m1/s1.